The van der Waals surface area contributed by atoms with Gasteiger partial charge >= 0.3 is 5.97 Å². The Morgan fingerprint density at radius 3 is 2.81 bits per heavy atom. The number of aliphatic carboxylic acids is 1. The standard InChI is InChI=1S/C10H15N3O2S/c1-12-2-4-13(5-3-12)10-11-8(7-16-10)6-9(14)15/h7H,2-6H2,1H3,(H,14,15). The lowest BCUT2D eigenvalue weighted by molar-refractivity contribution is -0.136. The van der Waals surface area contributed by atoms with Crippen LogP contribution in [0.25, 0.3) is 0 Å². The van der Waals surface area contributed by atoms with Crippen molar-refractivity contribution in [1.82, 2.24) is 9.88 Å². The first kappa shape index (κ1) is 11.3. The quantitative estimate of drug-likeness (QED) is 0.836. The summed E-state index contributed by atoms with van der Waals surface area (Å²) in [5.74, 6) is -0.824. The molecule has 16 heavy (non-hydrogen) atoms. The smallest absolute Gasteiger partial charge is 0.309 e. The Morgan fingerprint density at radius 1 is 1.50 bits per heavy atom. The fourth-order valence-electron chi connectivity index (χ4n) is 1.68. The molecule has 1 aliphatic rings. The van der Waals surface area contributed by atoms with Crippen LogP contribution in [0.5, 0.6) is 0 Å². The van der Waals surface area contributed by atoms with Gasteiger partial charge in [0.2, 0.25) is 0 Å². The zero-order valence-electron chi connectivity index (χ0n) is 9.22. The number of likely N-dealkylation sites (N-methyl/N-ethyl adjacent to an activating group) is 1. The van der Waals surface area contributed by atoms with Gasteiger partial charge in [-0.25, -0.2) is 4.98 Å². The van der Waals surface area contributed by atoms with Gasteiger partial charge in [0, 0.05) is 31.6 Å². The van der Waals surface area contributed by atoms with Crippen LogP contribution in [0, 0.1) is 0 Å². The summed E-state index contributed by atoms with van der Waals surface area (Å²) in [4.78, 5) is 19.4. The Morgan fingerprint density at radius 2 is 2.19 bits per heavy atom. The predicted octanol–water partition coefficient (Wildman–Crippen LogP) is 0.522. The third kappa shape index (κ3) is 2.70. The molecule has 1 aromatic rings. The molecule has 0 bridgehead atoms. The van der Waals surface area contributed by atoms with Gasteiger partial charge in [0.1, 0.15) is 0 Å². The van der Waals surface area contributed by atoms with Crippen molar-refractivity contribution >= 4 is 22.4 Å². The molecule has 1 aromatic heterocycles. The van der Waals surface area contributed by atoms with E-state index in [9.17, 15) is 4.79 Å². The highest BCUT2D eigenvalue weighted by Gasteiger charge is 2.17. The summed E-state index contributed by atoms with van der Waals surface area (Å²) in [6.07, 6.45) is 0.0181. The fourth-order valence-corrected chi connectivity index (χ4v) is 2.55. The second-order valence-corrected chi connectivity index (χ2v) is 4.82. The number of aromatic nitrogens is 1. The van der Waals surface area contributed by atoms with Gasteiger partial charge in [-0.3, -0.25) is 4.79 Å². The second-order valence-electron chi connectivity index (χ2n) is 3.98. The normalized spacial score (nSPS) is 17.7. The molecule has 6 heteroatoms. The van der Waals surface area contributed by atoms with Gasteiger partial charge in [-0.05, 0) is 7.05 Å². The van der Waals surface area contributed by atoms with E-state index in [4.69, 9.17) is 5.11 Å². The maximum atomic E-state index is 10.5. The largest absolute Gasteiger partial charge is 0.481 e. The van der Waals surface area contributed by atoms with Gasteiger partial charge in [0.15, 0.2) is 5.13 Å². The molecule has 88 valence electrons. The number of rotatable bonds is 3. The molecular formula is C10H15N3O2S. The summed E-state index contributed by atoms with van der Waals surface area (Å²) in [5, 5.41) is 11.4. The number of carboxylic acid groups (broad SMARTS) is 1. The SMILES string of the molecule is CN1CCN(c2nc(CC(=O)O)cs2)CC1. The molecular weight excluding hydrogens is 226 g/mol. The van der Waals surface area contributed by atoms with Crippen LogP contribution in [-0.2, 0) is 11.2 Å². The molecule has 1 fully saturated rings. The van der Waals surface area contributed by atoms with Crippen molar-refractivity contribution in [1.29, 1.82) is 0 Å². The summed E-state index contributed by atoms with van der Waals surface area (Å²) >= 11 is 1.53. The van der Waals surface area contributed by atoms with E-state index in [1.54, 1.807) is 0 Å². The van der Waals surface area contributed by atoms with Crippen LogP contribution >= 0.6 is 11.3 Å². The molecule has 0 amide bonds. The van der Waals surface area contributed by atoms with Gasteiger partial charge in [-0.2, -0.15) is 0 Å². The zero-order chi connectivity index (χ0) is 11.5. The molecule has 2 heterocycles. The van der Waals surface area contributed by atoms with E-state index in [1.165, 1.54) is 11.3 Å². The number of carbonyl (C=O) groups is 1. The van der Waals surface area contributed by atoms with Crippen LogP contribution in [0.2, 0.25) is 0 Å². The average Bonchev–Trinajstić information content (AvgIpc) is 2.66. The van der Waals surface area contributed by atoms with Gasteiger partial charge in [-0.1, -0.05) is 0 Å². The van der Waals surface area contributed by atoms with Crippen molar-refractivity contribution in [3.63, 3.8) is 0 Å². The van der Waals surface area contributed by atoms with E-state index >= 15 is 0 Å². The van der Waals surface area contributed by atoms with Gasteiger partial charge in [-0.15, -0.1) is 11.3 Å². The van der Waals surface area contributed by atoms with Crippen LogP contribution in [0.1, 0.15) is 5.69 Å². The topological polar surface area (TPSA) is 56.7 Å². The van der Waals surface area contributed by atoms with Crippen molar-refractivity contribution in [3.05, 3.63) is 11.1 Å². The molecule has 1 aliphatic heterocycles. The first-order valence-electron chi connectivity index (χ1n) is 5.25. The lowest BCUT2D eigenvalue weighted by Gasteiger charge is -2.32. The Bertz CT molecular complexity index is 372. The average molecular weight is 241 g/mol. The van der Waals surface area contributed by atoms with Crippen molar-refractivity contribution in [2.24, 2.45) is 0 Å². The summed E-state index contributed by atoms with van der Waals surface area (Å²) in [7, 11) is 2.11. The molecule has 1 saturated heterocycles. The highest BCUT2D eigenvalue weighted by molar-refractivity contribution is 7.13. The lowest BCUT2D eigenvalue weighted by Crippen LogP contribution is -2.44. The highest BCUT2D eigenvalue weighted by atomic mass is 32.1. The third-order valence-corrected chi connectivity index (χ3v) is 3.60. The Balaban J connectivity index is 1.99. The molecule has 0 radical (unpaired) electrons. The first-order chi connectivity index (χ1) is 7.65. The van der Waals surface area contributed by atoms with E-state index in [2.05, 4.69) is 21.8 Å². The molecule has 1 N–H and O–H groups in total. The predicted molar refractivity (Wildman–Crippen MR) is 63.2 cm³/mol. The second kappa shape index (κ2) is 4.80. The van der Waals surface area contributed by atoms with E-state index < -0.39 is 5.97 Å². The minimum absolute atomic E-state index is 0.0181. The molecule has 0 aromatic carbocycles. The minimum atomic E-state index is -0.824. The summed E-state index contributed by atoms with van der Waals surface area (Å²) in [6, 6.07) is 0. The molecule has 0 atom stereocenters. The van der Waals surface area contributed by atoms with Crippen LogP contribution in [0.3, 0.4) is 0 Å². The van der Waals surface area contributed by atoms with Crippen LogP contribution in [0.15, 0.2) is 5.38 Å². The number of hydrogen-bond donors (Lipinski definition) is 1. The molecule has 5 nitrogen and oxygen atoms in total. The van der Waals surface area contributed by atoms with E-state index in [-0.39, 0.29) is 6.42 Å². The maximum Gasteiger partial charge on any atom is 0.309 e. The van der Waals surface area contributed by atoms with Crippen LogP contribution < -0.4 is 4.90 Å². The van der Waals surface area contributed by atoms with E-state index in [0.29, 0.717) is 5.69 Å². The van der Waals surface area contributed by atoms with Gasteiger partial charge in [0.05, 0.1) is 12.1 Å². The Labute approximate surface area is 98.3 Å². The number of carboxylic acids is 1. The van der Waals surface area contributed by atoms with Gasteiger partial charge in [0.25, 0.3) is 0 Å². The van der Waals surface area contributed by atoms with Crippen molar-refractivity contribution < 1.29 is 9.90 Å². The van der Waals surface area contributed by atoms with Crippen molar-refractivity contribution in [3.8, 4) is 0 Å². The fraction of sp³-hybridized carbons (Fsp3) is 0.600. The first-order valence-corrected chi connectivity index (χ1v) is 6.13. The van der Waals surface area contributed by atoms with Crippen molar-refractivity contribution in [2.75, 3.05) is 38.1 Å². The number of nitrogens with zero attached hydrogens (tertiary/aromatic N) is 3. The van der Waals surface area contributed by atoms with E-state index in [0.717, 1.165) is 31.3 Å². The Kier molecular flexibility index (Phi) is 3.40. The third-order valence-electron chi connectivity index (χ3n) is 2.65. The summed E-state index contributed by atoms with van der Waals surface area (Å²) < 4.78 is 0. The molecule has 0 unspecified atom stereocenters. The van der Waals surface area contributed by atoms with Gasteiger partial charge < -0.3 is 14.9 Å². The highest BCUT2D eigenvalue weighted by Crippen LogP contribution is 2.21. The molecule has 0 spiro atoms. The maximum absolute atomic E-state index is 10.5. The number of piperazine rings is 1. The molecule has 0 aliphatic carbocycles. The zero-order valence-corrected chi connectivity index (χ0v) is 10.0. The molecule has 0 saturated carbocycles. The lowest BCUT2D eigenvalue weighted by atomic mass is 10.3. The number of hydrogen-bond acceptors (Lipinski definition) is 5. The van der Waals surface area contributed by atoms with Crippen molar-refractivity contribution in [2.45, 2.75) is 6.42 Å². The summed E-state index contributed by atoms with van der Waals surface area (Å²) in [6.45, 7) is 4.01. The Hall–Kier alpha value is -1.14. The summed E-state index contributed by atoms with van der Waals surface area (Å²) in [5.41, 5.74) is 0.659. The minimum Gasteiger partial charge on any atom is -0.481 e. The van der Waals surface area contributed by atoms with Crippen LogP contribution in [0.4, 0.5) is 5.13 Å². The number of thiazole rings is 1. The monoisotopic (exact) mass is 241 g/mol. The van der Waals surface area contributed by atoms with E-state index in [1.807, 2.05) is 5.38 Å². The number of anilines is 1. The van der Waals surface area contributed by atoms with Crippen LogP contribution in [-0.4, -0.2) is 54.2 Å². The molecule has 2 rings (SSSR count).